The van der Waals surface area contributed by atoms with Gasteiger partial charge in [0.25, 0.3) is 11.5 Å². The van der Waals surface area contributed by atoms with Gasteiger partial charge in [-0.15, -0.1) is 0 Å². The van der Waals surface area contributed by atoms with E-state index in [4.69, 9.17) is 14.2 Å². The Morgan fingerprint density at radius 3 is 2.33 bits per heavy atom. The fourth-order valence-corrected chi connectivity index (χ4v) is 6.64. The minimum Gasteiger partial charge on any atom is -0.490 e. The molecule has 0 bridgehead atoms. The zero-order valence-corrected chi connectivity index (χ0v) is 22.3. The van der Waals surface area contributed by atoms with E-state index in [2.05, 4.69) is 11.4 Å². The van der Waals surface area contributed by atoms with Crippen LogP contribution in [0.4, 0.5) is 13.2 Å². The van der Waals surface area contributed by atoms with Crippen molar-refractivity contribution in [3.63, 3.8) is 0 Å². The molecule has 3 fully saturated rings. The highest BCUT2D eigenvalue weighted by atomic mass is 19.4. The fraction of sp³-hybridized carbons (Fsp3) is 0.567. The smallest absolute Gasteiger partial charge is 0.430 e. The van der Waals surface area contributed by atoms with Crippen LogP contribution in [-0.4, -0.2) is 69.6 Å². The molecule has 3 heterocycles. The normalized spacial score (nSPS) is 23.8. The summed E-state index contributed by atoms with van der Waals surface area (Å²) in [5.74, 6) is -0.0497. The molecule has 3 saturated heterocycles. The van der Waals surface area contributed by atoms with Crippen LogP contribution in [0.15, 0.2) is 54.6 Å². The Labute approximate surface area is 227 Å². The topological polar surface area (TPSA) is 60.0 Å². The van der Waals surface area contributed by atoms with Gasteiger partial charge in [0.15, 0.2) is 0 Å². The summed E-state index contributed by atoms with van der Waals surface area (Å²) in [5, 5.41) is 3.52. The molecule has 2 aromatic rings. The average molecular weight is 547 g/mol. The Kier molecular flexibility index (Phi) is 8.21. The van der Waals surface area contributed by atoms with Crippen LogP contribution in [0.2, 0.25) is 0 Å². The third-order valence-corrected chi connectivity index (χ3v) is 8.88. The fourth-order valence-electron chi connectivity index (χ4n) is 6.64. The number of hydrogen-bond acceptors (Lipinski definition) is 5. The Morgan fingerprint density at radius 1 is 1.00 bits per heavy atom. The van der Waals surface area contributed by atoms with E-state index in [0.29, 0.717) is 26.1 Å². The molecule has 39 heavy (non-hydrogen) atoms. The summed E-state index contributed by atoms with van der Waals surface area (Å²) in [6, 6.07) is 15.3. The second-order valence-electron chi connectivity index (χ2n) is 10.9. The van der Waals surface area contributed by atoms with E-state index in [1.807, 2.05) is 18.2 Å². The third-order valence-electron chi connectivity index (χ3n) is 8.88. The molecule has 2 atom stereocenters. The maximum atomic E-state index is 14.5. The number of rotatable bonds is 6. The number of nitrogens with zero attached hydrogens (tertiary/aromatic N) is 1. The minimum absolute atomic E-state index is 0.106. The first-order chi connectivity index (χ1) is 18.8. The molecule has 0 aliphatic carbocycles. The molecule has 3 aliphatic heterocycles. The van der Waals surface area contributed by atoms with Crippen molar-refractivity contribution in [1.29, 1.82) is 0 Å². The molecule has 0 aromatic heterocycles. The second-order valence-corrected chi connectivity index (χ2v) is 10.9. The lowest BCUT2D eigenvalue weighted by Gasteiger charge is -2.51. The van der Waals surface area contributed by atoms with Crippen molar-refractivity contribution in [3.05, 3.63) is 65.7 Å². The number of hydrogen-bond donors (Lipinski definition) is 1. The van der Waals surface area contributed by atoms with E-state index in [1.54, 1.807) is 6.07 Å². The first kappa shape index (κ1) is 27.9. The highest BCUT2D eigenvalue weighted by Crippen LogP contribution is 2.52. The molecule has 2 aromatic carbocycles. The number of alkyl halides is 3. The Bertz CT molecular complexity index is 1110. The number of piperidine rings is 2. The largest absolute Gasteiger partial charge is 0.490 e. The summed E-state index contributed by atoms with van der Waals surface area (Å²) in [7, 11) is 0.960. The van der Waals surface area contributed by atoms with Gasteiger partial charge in [0.05, 0.1) is 13.2 Å². The van der Waals surface area contributed by atoms with E-state index in [-0.39, 0.29) is 36.1 Å². The zero-order chi connectivity index (χ0) is 27.5. The number of ether oxygens (including phenoxy) is 3. The van der Waals surface area contributed by atoms with Crippen LogP contribution >= 0.6 is 0 Å². The van der Waals surface area contributed by atoms with Gasteiger partial charge in [-0.05, 0) is 42.9 Å². The summed E-state index contributed by atoms with van der Waals surface area (Å²) >= 11 is 0. The molecule has 9 heteroatoms. The highest BCUT2D eigenvalue weighted by molar-refractivity contribution is 5.88. The molecule has 1 N–H and O–H groups in total. The lowest BCUT2D eigenvalue weighted by atomic mass is 9.62. The van der Waals surface area contributed by atoms with Crippen molar-refractivity contribution < 1.29 is 32.2 Å². The van der Waals surface area contributed by atoms with Crippen LogP contribution < -0.4 is 10.1 Å². The maximum absolute atomic E-state index is 14.5. The van der Waals surface area contributed by atoms with Crippen molar-refractivity contribution in [2.75, 3.05) is 46.5 Å². The van der Waals surface area contributed by atoms with Gasteiger partial charge in [-0.1, -0.05) is 48.5 Å². The van der Waals surface area contributed by atoms with Crippen LogP contribution in [0.25, 0.3) is 0 Å². The van der Waals surface area contributed by atoms with Crippen molar-refractivity contribution >= 4 is 5.91 Å². The van der Waals surface area contributed by atoms with Crippen LogP contribution in [0.3, 0.4) is 0 Å². The van der Waals surface area contributed by atoms with Gasteiger partial charge in [0.1, 0.15) is 11.9 Å². The summed E-state index contributed by atoms with van der Waals surface area (Å²) in [6.07, 6.45) is -0.991. The van der Waals surface area contributed by atoms with Gasteiger partial charge in [-0.3, -0.25) is 4.79 Å². The number of para-hydroxylation sites is 1. The van der Waals surface area contributed by atoms with E-state index in [0.717, 1.165) is 50.8 Å². The Hall–Kier alpha value is -2.62. The molecule has 0 radical (unpaired) electrons. The molecule has 1 unspecified atom stereocenters. The van der Waals surface area contributed by atoms with Gasteiger partial charge >= 0.3 is 6.18 Å². The predicted octanol–water partition coefficient (Wildman–Crippen LogP) is 5.03. The van der Waals surface area contributed by atoms with Crippen molar-refractivity contribution in [2.24, 2.45) is 5.41 Å². The summed E-state index contributed by atoms with van der Waals surface area (Å²) in [4.78, 5) is 15.0. The van der Waals surface area contributed by atoms with Gasteiger partial charge in [-0.2, -0.15) is 13.2 Å². The number of methoxy groups -OCH3 is 1. The molecule has 1 spiro atoms. The summed E-state index contributed by atoms with van der Waals surface area (Å²) < 4.78 is 60.6. The van der Waals surface area contributed by atoms with E-state index in [9.17, 15) is 18.0 Å². The third kappa shape index (κ3) is 5.28. The zero-order valence-electron chi connectivity index (χ0n) is 22.3. The van der Waals surface area contributed by atoms with Gasteiger partial charge in [-0.25, -0.2) is 0 Å². The molecular weight excluding hydrogens is 509 g/mol. The summed E-state index contributed by atoms with van der Waals surface area (Å²) in [6.45, 7) is 3.46. The maximum Gasteiger partial charge on any atom is 0.430 e. The van der Waals surface area contributed by atoms with Gasteiger partial charge in [0, 0.05) is 51.1 Å². The van der Waals surface area contributed by atoms with Crippen LogP contribution in [-0.2, 0) is 19.9 Å². The standard InChI is InChI=1S/C30H37F3N2O4/c1-37-29(30(31,32)33,22-7-3-2-4-8-22)27(36)35-17-14-28(15-18-35)13-16-34-21-25(28)24-9-5-6-10-26(24)39-23-11-19-38-20-12-23/h2-10,23,25,34H,11-21H2,1H3/t25?,29-/m1/s1. The number of halogens is 3. The predicted molar refractivity (Wildman–Crippen MR) is 141 cm³/mol. The summed E-state index contributed by atoms with van der Waals surface area (Å²) in [5.41, 5.74) is -2.25. The molecular formula is C30H37F3N2O4. The molecule has 5 rings (SSSR count). The Balaban J connectivity index is 1.38. The monoisotopic (exact) mass is 546 g/mol. The molecule has 6 nitrogen and oxygen atoms in total. The van der Waals surface area contributed by atoms with E-state index >= 15 is 0 Å². The van der Waals surface area contributed by atoms with Crippen molar-refractivity contribution in [2.45, 2.75) is 55.9 Å². The van der Waals surface area contributed by atoms with Crippen LogP contribution in [0.1, 0.15) is 49.1 Å². The minimum atomic E-state index is -4.91. The lowest BCUT2D eigenvalue weighted by Crippen LogP contribution is -2.59. The lowest BCUT2D eigenvalue weighted by molar-refractivity contribution is -0.271. The number of benzene rings is 2. The van der Waals surface area contributed by atoms with Crippen LogP contribution in [0.5, 0.6) is 5.75 Å². The first-order valence-corrected chi connectivity index (χ1v) is 13.8. The van der Waals surface area contributed by atoms with Crippen molar-refractivity contribution in [3.8, 4) is 5.75 Å². The van der Waals surface area contributed by atoms with E-state index < -0.39 is 17.7 Å². The number of likely N-dealkylation sites (tertiary alicyclic amines) is 1. The average Bonchev–Trinajstić information content (AvgIpc) is 2.95. The first-order valence-electron chi connectivity index (χ1n) is 13.8. The van der Waals surface area contributed by atoms with Crippen LogP contribution in [0, 0.1) is 5.41 Å². The highest BCUT2D eigenvalue weighted by Gasteiger charge is 2.64. The van der Waals surface area contributed by atoms with Gasteiger partial charge in [0.2, 0.25) is 0 Å². The van der Waals surface area contributed by atoms with Gasteiger partial charge < -0.3 is 24.4 Å². The number of nitrogens with one attached hydrogen (secondary N) is 1. The van der Waals surface area contributed by atoms with E-state index in [1.165, 1.54) is 29.2 Å². The number of carbonyl (C=O) groups is 1. The quantitative estimate of drug-likeness (QED) is 0.551. The molecule has 1 amide bonds. The molecule has 0 saturated carbocycles. The van der Waals surface area contributed by atoms with Crippen molar-refractivity contribution in [1.82, 2.24) is 10.2 Å². The second kappa shape index (κ2) is 11.5. The SMILES string of the molecule is CO[C@@](C(=O)N1CCC2(CCNCC2c2ccccc2OC2CCOCC2)CC1)(c1ccccc1)C(F)(F)F. The molecule has 3 aliphatic rings. The number of amides is 1. The Morgan fingerprint density at radius 2 is 1.67 bits per heavy atom. The molecule has 212 valence electrons. The number of carbonyl (C=O) groups excluding carboxylic acids is 1.